The molecule has 0 saturated heterocycles. The number of alkyl carbamates (subject to hydrolysis) is 1. The lowest BCUT2D eigenvalue weighted by atomic mass is 10.1. The number of halogens is 2. The summed E-state index contributed by atoms with van der Waals surface area (Å²) in [6.45, 7) is 6.74. The third-order valence-corrected chi connectivity index (χ3v) is 8.33. The molecule has 1 heterocycles. The Morgan fingerprint density at radius 2 is 1.50 bits per heavy atom. The van der Waals surface area contributed by atoms with Gasteiger partial charge in [-0.2, -0.15) is 0 Å². The summed E-state index contributed by atoms with van der Waals surface area (Å²) >= 11 is 9.52. The molecule has 2 unspecified atom stereocenters. The first-order valence-electron chi connectivity index (χ1n) is 12.4. The zero-order chi connectivity index (χ0) is 27.7. The van der Waals surface area contributed by atoms with Crippen molar-refractivity contribution in [2.24, 2.45) is 0 Å². The molecular weight excluding hydrogens is 567 g/mol. The predicted octanol–water partition coefficient (Wildman–Crippen LogP) is 6.70. The van der Waals surface area contributed by atoms with E-state index in [4.69, 9.17) is 27.9 Å². The van der Waals surface area contributed by atoms with Crippen molar-refractivity contribution in [2.75, 3.05) is 17.8 Å². The Balaban J connectivity index is 1.34. The van der Waals surface area contributed by atoms with Crippen molar-refractivity contribution in [1.82, 2.24) is 15.0 Å². The number of carbonyl (C=O) groups is 1. The molecule has 4 N–H and O–H groups in total. The van der Waals surface area contributed by atoms with Gasteiger partial charge in [0, 0.05) is 48.9 Å². The standard InChI is InChI=1S/C26H34Cl2N4O4S2/c1-26(2,3)36-25(33)29-15-7-5-4-6-8-16-31-37(34)18-9-11-19(12-10-18)38(35)32-22-14-13-20(27)23-21(28)17-30-24(22)23/h9-14,17,30-32H,4-8,15-16H2,1-3H3,(H,29,33). The van der Waals surface area contributed by atoms with E-state index in [0.29, 0.717) is 49.5 Å². The Labute approximate surface area is 240 Å². The van der Waals surface area contributed by atoms with Crippen molar-refractivity contribution in [1.29, 1.82) is 0 Å². The lowest BCUT2D eigenvalue weighted by Crippen LogP contribution is -2.32. The third kappa shape index (κ3) is 9.44. The lowest BCUT2D eigenvalue weighted by molar-refractivity contribution is 0.0527. The van der Waals surface area contributed by atoms with Crippen LogP contribution in [0.2, 0.25) is 10.0 Å². The molecule has 38 heavy (non-hydrogen) atoms. The molecule has 2 aromatic carbocycles. The fraction of sp³-hybridized carbons (Fsp3) is 0.423. The number of hydrogen-bond acceptors (Lipinski definition) is 6. The van der Waals surface area contributed by atoms with Gasteiger partial charge in [-0.1, -0.05) is 42.5 Å². The van der Waals surface area contributed by atoms with Gasteiger partial charge >= 0.3 is 6.09 Å². The molecule has 0 saturated carbocycles. The predicted molar refractivity (Wildman–Crippen MR) is 157 cm³/mol. The summed E-state index contributed by atoms with van der Waals surface area (Å²) in [7, 11) is 0. The Kier molecular flexibility index (Phi) is 11.8. The van der Waals surface area contributed by atoms with Crippen LogP contribution in [0.1, 0.15) is 52.9 Å². The van der Waals surface area contributed by atoms with Gasteiger partial charge in [0.05, 0.1) is 26.9 Å². The zero-order valence-corrected chi connectivity index (χ0v) is 24.8. The molecule has 1 amide bonds. The number of hydrogen-bond donors (Lipinski definition) is 4. The number of ether oxygens (including phenoxy) is 1. The number of rotatable bonds is 13. The van der Waals surface area contributed by atoms with E-state index in [1.807, 2.05) is 20.8 Å². The highest BCUT2D eigenvalue weighted by atomic mass is 35.5. The second-order valence-corrected chi connectivity index (χ2v) is 13.0. The number of fused-ring (bicyclic) bond motifs is 1. The van der Waals surface area contributed by atoms with Crippen molar-refractivity contribution in [2.45, 2.75) is 68.3 Å². The van der Waals surface area contributed by atoms with Gasteiger partial charge in [0.15, 0.2) is 9.79 Å². The minimum atomic E-state index is -1.53. The maximum atomic E-state index is 12.9. The summed E-state index contributed by atoms with van der Waals surface area (Å²) in [5.74, 6) is 0. The zero-order valence-electron chi connectivity index (χ0n) is 21.7. The number of H-pyrrole nitrogens is 1. The summed E-state index contributed by atoms with van der Waals surface area (Å²) in [5, 5.41) is 4.43. The summed E-state index contributed by atoms with van der Waals surface area (Å²) in [6, 6.07) is 10.2. The second kappa shape index (κ2) is 14.6. The van der Waals surface area contributed by atoms with Crippen LogP contribution in [0.5, 0.6) is 0 Å². The quantitative estimate of drug-likeness (QED) is 0.128. The summed E-state index contributed by atoms with van der Waals surface area (Å²) < 4.78 is 36.6. The molecule has 8 nitrogen and oxygen atoms in total. The van der Waals surface area contributed by atoms with Gasteiger partial charge in [-0.15, -0.1) is 4.72 Å². The van der Waals surface area contributed by atoms with Crippen LogP contribution >= 0.6 is 23.2 Å². The van der Waals surface area contributed by atoms with Crippen molar-refractivity contribution in [3.8, 4) is 0 Å². The number of amides is 1. The summed E-state index contributed by atoms with van der Waals surface area (Å²) in [5.41, 5.74) is 0.803. The van der Waals surface area contributed by atoms with Gasteiger partial charge in [0.1, 0.15) is 22.7 Å². The van der Waals surface area contributed by atoms with E-state index in [1.54, 1.807) is 42.6 Å². The average molecular weight is 602 g/mol. The number of unbranched alkanes of at least 4 members (excludes halogenated alkanes) is 4. The van der Waals surface area contributed by atoms with E-state index in [9.17, 15) is 13.9 Å². The van der Waals surface area contributed by atoms with E-state index >= 15 is 0 Å². The SMILES string of the molecule is CC(C)(C)OC(=O)NCCCCCCCN[S+]([O-])c1ccc([S+]([O-])Nc2ccc(Cl)c3c(Cl)c[nH]c23)cc1. The van der Waals surface area contributed by atoms with E-state index in [0.717, 1.165) is 32.1 Å². The first-order valence-corrected chi connectivity index (χ1v) is 15.5. The number of benzene rings is 2. The smallest absolute Gasteiger partial charge is 0.407 e. The molecule has 1 aromatic heterocycles. The topological polar surface area (TPSA) is 124 Å². The molecule has 3 aromatic rings. The highest BCUT2D eigenvalue weighted by molar-refractivity contribution is 7.92. The Hall–Kier alpha value is -1.79. The Morgan fingerprint density at radius 3 is 2.16 bits per heavy atom. The van der Waals surface area contributed by atoms with Crippen LogP contribution in [0, 0.1) is 0 Å². The molecule has 0 radical (unpaired) electrons. The van der Waals surface area contributed by atoms with Gasteiger partial charge in [0.2, 0.25) is 0 Å². The van der Waals surface area contributed by atoms with Crippen LogP contribution in [-0.2, 0) is 27.5 Å². The van der Waals surface area contributed by atoms with E-state index < -0.39 is 28.3 Å². The van der Waals surface area contributed by atoms with Gasteiger partial charge in [-0.3, -0.25) is 0 Å². The molecule has 0 spiro atoms. The van der Waals surface area contributed by atoms with Gasteiger partial charge in [-0.05, 0) is 45.7 Å². The molecule has 0 bridgehead atoms. The molecule has 0 aliphatic rings. The molecule has 0 aliphatic carbocycles. The maximum absolute atomic E-state index is 12.9. The number of aromatic nitrogens is 1. The summed E-state index contributed by atoms with van der Waals surface area (Å²) in [6.07, 6.45) is 6.08. The molecular formula is C26H34Cl2N4O4S2. The van der Waals surface area contributed by atoms with Crippen LogP contribution in [0.4, 0.5) is 10.5 Å². The summed E-state index contributed by atoms with van der Waals surface area (Å²) in [4.78, 5) is 15.8. The van der Waals surface area contributed by atoms with Crippen LogP contribution in [-0.4, -0.2) is 38.9 Å². The minimum absolute atomic E-state index is 0.385. The fourth-order valence-corrected chi connectivity index (χ4v) is 5.94. The highest BCUT2D eigenvalue weighted by Gasteiger charge is 2.19. The Bertz CT molecular complexity index is 1190. The van der Waals surface area contributed by atoms with Crippen LogP contribution in [0.3, 0.4) is 0 Å². The van der Waals surface area contributed by atoms with E-state index in [1.165, 1.54) is 0 Å². The van der Waals surface area contributed by atoms with Gasteiger partial charge < -0.3 is 24.1 Å². The first kappa shape index (κ1) is 30.7. The van der Waals surface area contributed by atoms with Crippen molar-refractivity contribution in [3.63, 3.8) is 0 Å². The second-order valence-electron chi connectivity index (χ2n) is 9.68. The van der Waals surface area contributed by atoms with Crippen molar-refractivity contribution >= 4 is 68.6 Å². The molecule has 0 aliphatic heterocycles. The largest absolute Gasteiger partial charge is 0.593 e. The third-order valence-electron chi connectivity index (χ3n) is 5.45. The monoisotopic (exact) mass is 600 g/mol. The van der Waals surface area contributed by atoms with Crippen molar-refractivity contribution in [3.05, 3.63) is 52.6 Å². The molecule has 2 atom stereocenters. The van der Waals surface area contributed by atoms with Crippen LogP contribution in [0.25, 0.3) is 10.9 Å². The first-order chi connectivity index (χ1) is 18.0. The maximum Gasteiger partial charge on any atom is 0.407 e. The Morgan fingerprint density at radius 1 is 0.895 bits per heavy atom. The lowest BCUT2D eigenvalue weighted by Gasteiger charge is -2.19. The van der Waals surface area contributed by atoms with Gasteiger partial charge in [-0.25, -0.2) is 9.52 Å². The normalized spacial score (nSPS) is 13.3. The van der Waals surface area contributed by atoms with Crippen molar-refractivity contribution < 1.29 is 18.6 Å². The van der Waals surface area contributed by atoms with Crippen LogP contribution < -0.4 is 14.8 Å². The molecule has 0 fully saturated rings. The van der Waals surface area contributed by atoms with Gasteiger partial charge in [0.25, 0.3) is 0 Å². The number of anilines is 1. The molecule has 3 rings (SSSR count). The molecule has 12 heteroatoms. The minimum Gasteiger partial charge on any atom is -0.593 e. The average Bonchev–Trinajstić information content (AvgIpc) is 3.26. The van der Waals surface area contributed by atoms with E-state index in [2.05, 4.69) is 19.7 Å². The highest BCUT2D eigenvalue weighted by Crippen LogP contribution is 2.35. The fourth-order valence-electron chi connectivity index (χ4n) is 3.63. The number of nitrogens with one attached hydrogen (secondary N) is 4. The number of aromatic amines is 1. The van der Waals surface area contributed by atoms with E-state index in [-0.39, 0.29) is 6.09 Å². The van der Waals surface area contributed by atoms with Crippen LogP contribution in [0.15, 0.2) is 52.4 Å². The number of carbonyl (C=O) groups excluding carboxylic acids is 1. The molecule has 208 valence electrons.